The van der Waals surface area contributed by atoms with E-state index in [2.05, 4.69) is 0 Å². The number of benzene rings is 1. The molecule has 1 aromatic carbocycles. The monoisotopic (exact) mass is 336 g/mol. The molecule has 1 aromatic rings. The van der Waals surface area contributed by atoms with E-state index >= 15 is 0 Å². The van der Waals surface area contributed by atoms with Crippen LogP contribution in [0.1, 0.15) is 18.4 Å². The average molecular weight is 337 g/mol. The highest BCUT2D eigenvalue weighted by atomic mass is 35.5. The molecule has 3 amide bonds. The Morgan fingerprint density at radius 2 is 2.17 bits per heavy atom. The van der Waals surface area contributed by atoms with Crippen molar-refractivity contribution in [2.45, 2.75) is 25.3 Å². The summed E-state index contributed by atoms with van der Waals surface area (Å²) in [6, 6.07) is 7.17. The minimum Gasteiger partial charge on any atom is -0.439 e. The normalized spacial score (nSPS) is 21.0. The average Bonchev–Trinajstić information content (AvgIpc) is 3.12. The summed E-state index contributed by atoms with van der Waals surface area (Å²) in [5.41, 5.74) is 1.01. The van der Waals surface area contributed by atoms with Crippen LogP contribution in [-0.4, -0.2) is 53.4 Å². The molecule has 0 aliphatic carbocycles. The zero-order valence-electron chi connectivity index (χ0n) is 12.5. The fourth-order valence-corrected chi connectivity index (χ4v) is 3.21. The summed E-state index contributed by atoms with van der Waals surface area (Å²) in [6.07, 6.45) is 0.994. The lowest BCUT2D eigenvalue weighted by Crippen LogP contribution is -2.42. The van der Waals surface area contributed by atoms with Gasteiger partial charge in [-0.05, 0) is 30.5 Å². The molecule has 0 radical (unpaired) electrons. The molecule has 2 aliphatic rings. The minimum atomic E-state index is -0.603. The number of nitrogens with zero attached hydrogens (tertiary/aromatic N) is 2. The van der Waals surface area contributed by atoms with Crippen molar-refractivity contribution in [3.05, 3.63) is 34.9 Å². The maximum atomic E-state index is 12.3. The van der Waals surface area contributed by atoms with Crippen molar-refractivity contribution < 1.29 is 19.1 Å². The van der Waals surface area contributed by atoms with Crippen LogP contribution in [0.2, 0.25) is 5.02 Å². The number of aryl methyl sites for hydroxylation is 1. The van der Waals surface area contributed by atoms with Crippen molar-refractivity contribution in [1.82, 2.24) is 9.80 Å². The topological polar surface area (TPSA) is 66.9 Å². The lowest BCUT2D eigenvalue weighted by molar-refractivity contribution is -0.131. The molecule has 2 fully saturated rings. The smallest absolute Gasteiger partial charge is 0.417 e. The van der Waals surface area contributed by atoms with Gasteiger partial charge in [0, 0.05) is 24.5 Å². The second-order valence-corrected chi connectivity index (χ2v) is 6.17. The number of amides is 3. The summed E-state index contributed by atoms with van der Waals surface area (Å²) < 4.78 is 4.72. The molecule has 122 valence electrons. The van der Waals surface area contributed by atoms with E-state index in [1.807, 2.05) is 18.2 Å². The van der Waals surface area contributed by atoms with Crippen LogP contribution in [-0.2, 0) is 20.7 Å². The molecule has 2 aliphatic heterocycles. The Kier molecular flexibility index (Phi) is 4.52. The van der Waals surface area contributed by atoms with E-state index in [-0.39, 0.29) is 24.5 Å². The van der Waals surface area contributed by atoms with Crippen molar-refractivity contribution in [3.8, 4) is 0 Å². The zero-order valence-corrected chi connectivity index (χ0v) is 13.3. The van der Waals surface area contributed by atoms with Crippen molar-refractivity contribution in [2.75, 3.05) is 19.7 Å². The number of carbonyl (C=O) groups is 3. The van der Waals surface area contributed by atoms with Crippen LogP contribution in [0.5, 0.6) is 0 Å². The third kappa shape index (κ3) is 3.47. The molecule has 23 heavy (non-hydrogen) atoms. The Morgan fingerprint density at radius 3 is 2.87 bits per heavy atom. The number of imide groups is 1. The van der Waals surface area contributed by atoms with E-state index in [9.17, 15) is 14.4 Å². The molecule has 0 unspecified atom stereocenters. The van der Waals surface area contributed by atoms with Crippen LogP contribution in [0, 0.1) is 0 Å². The molecule has 0 N–H and O–H groups in total. The van der Waals surface area contributed by atoms with Crippen LogP contribution < -0.4 is 0 Å². The maximum Gasteiger partial charge on any atom is 0.417 e. The highest BCUT2D eigenvalue weighted by molar-refractivity contribution is 6.30. The Labute approximate surface area is 138 Å². The molecule has 7 heteroatoms. The van der Waals surface area contributed by atoms with Gasteiger partial charge >= 0.3 is 6.09 Å². The first-order valence-electron chi connectivity index (χ1n) is 7.55. The third-order valence-corrected chi connectivity index (χ3v) is 4.42. The number of ether oxygens (including phenoxy) is 1. The second kappa shape index (κ2) is 6.58. The van der Waals surface area contributed by atoms with Gasteiger partial charge < -0.3 is 9.64 Å². The number of cyclic esters (lactones) is 1. The van der Waals surface area contributed by atoms with Crippen molar-refractivity contribution in [2.24, 2.45) is 0 Å². The lowest BCUT2D eigenvalue weighted by Gasteiger charge is -2.20. The van der Waals surface area contributed by atoms with Gasteiger partial charge in [-0.2, -0.15) is 0 Å². The summed E-state index contributed by atoms with van der Waals surface area (Å²) in [5, 5.41) is 0.655. The SMILES string of the molecule is O=C(CCc1cccc(Cl)c1)N1CC[C@H](N2C(=O)COC2=O)C1. The Bertz CT molecular complexity index is 633. The fraction of sp³-hybridized carbons (Fsp3) is 0.438. The number of hydrogen-bond acceptors (Lipinski definition) is 4. The summed E-state index contributed by atoms with van der Waals surface area (Å²) in [7, 11) is 0. The van der Waals surface area contributed by atoms with E-state index < -0.39 is 6.09 Å². The van der Waals surface area contributed by atoms with Gasteiger partial charge in [0.25, 0.3) is 5.91 Å². The molecule has 0 saturated carbocycles. The number of hydrogen-bond donors (Lipinski definition) is 0. The van der Waals surface area contributed by atoms with Gasteiger partial charge in [0.2, 0.25) is 5.91 Å². The van der Waals surface area contributed by atoms with E-state index in [0.29, 0.717) is 37.4 Å². The van der Waals surface area contributed by atoms with Gasteiger partial charge in [0.1, 0.15) is 0 Å². The number of rotatable bonds is 4. The second-order valence-electron chi connectivity index (χ2n) is 5.73. The standard InChI is InChI=1S/C16H17ClN2O4/c17-12-3-1-2-11(8-12)4-5-14(20)18-7-6-13(9-18)19-15(21)10-23-16(19)22/h1-3,8,13H,4-7,9-10H2/t13-/m0/s1. The Hall–Kier alpha value is -2.08. The summed E-state index contributed by atoms with van der Waals surface area (Å²) in [6.45, 7) is 0.739. The van der Waals surface area contributed by atoms with Gasteiger partial charge in [-0.25, -0.2) is 9.69 Å². The maximum absolute atomic E-state index is 12.3. The van der Waals surface area contributed by atoms with E-state index in [1.54, 1.807) is 11.0 Å². The van der Waals surface area contributed by atoms with Gasteiger partial charge in [-0.3, -0.25) is 9.59 Å². The van der Waals surface area contributed by atoms with Crippen molar-refractivity contribution in [1.29, 1.82) is 0 Å². The molecule has 0 spiro atoms. The van der Waals surface area contributed by atoms with E-state index in [0.717, 1.165) is 10.5 Å². The molecule has 3 rings (SSSR count). The first kappa shape index (κ1) is 15.8. The first-order chi connectivity index (χ1) is 11.0. The summed E-state index contributed by atoms with van der Waals surface area (Å²) >= 11 is 5.93. The lowest BCUT2D eigenvalue weighted by atomic mass is 10.1. The Balaban J connectivity index is 1.53. The largest absolute Gasteiger partial charge is 0.439 e. The molecular formula is C16H17ClN2O4. The highest BCUT2D eigenvalue weighted by Crippen LogP contribution is 2.21. The third-order valence-electron chi connectivity index (χ3n) is 4.18. The van der Waals surface area contributed by atoms with E-state index in [1.165, 1.54) is 0 Å². The van der Waals surface area contributed by atoms with E-state index in [4.69, 9.17) is 16.3 Å². The molecule has 6 nitrogen and oxygen atoms in total. The van der Waals surface area contributed by atoms with Crippen LogP contribution in [0.25, 0.3) is 0 Å². The molecular weight excluding hydrogens is 320 g/mol. The van der Waals surface area contributed by atoms with Gasteiger partial charge in [-0.1, -0.05) is 23.7 Å². The molecule has 2 saturated heterocycles. The molecule has 0 aromatic heterocycles. The minimum absolute atomic E-state index is 0.0208. The summed E-state index contributed by atoms with van der Waals surface area (Å²) in [4.78, 5) is 38.4. The number of halogens is 1. The zero-order chi connectivity index (χ0) is 16.4. The first-order valence-corrected chi connectivity index (χ1v) is 7.93. The van der Waals surface area contributed by atoms with Gasteiger partial charge in [-0.15, -0.1) is 0 Å². The summed E-state index contributed by atoms with van der Waals surface area (Å²) in [5.74, 6) is -0.305. The predicted octanol–water partition coefficient (Wildman–Crippen LogP) is 1.85. The molecule has 0 bridgehead atoms. The molecule has 2 heterocycles. The van der Waals surface area contributed by atoms with Crippen LogP contribution in [0.4, 0.5) is 4.79 Å². The van der Waals surface area contributed by atoms with Crippen LogP contribution >= 0.6 is 11.6 Å². The van der Waals surface area contributed by atoms with Crippen LogP contribution in [0.3, 0.4) is 0 Å². The predicted molar refractivity (Wildman–Crippen MR) is 83.0 cm³/mol. The highest BCUT2D eigenvalue weighted by Gasteiger charge is 2.41. The van der Waals surface area contributed by atoms with Crippen molar-refractivity contribution >= 4 is 29.5 Å². The number of likely N-dealkylation sites (tertiary alicyclic amines) is 1. The molecule has 1 atom stereocenters. The Morgan fingerprint density at radius 1 is 1.35 bits per heavy atom. The fourth-order valence-electron chi connectivity index (χ4n) is 3.00. The van der Waals surface area contributed by atoms with Gasteiger partial charge in [0.05, 0.1) is 6.04 Å². The quantitative estimate of drug-likeness (QED) is 0.841. The van der Waals surface area contributed by atoms with Crippen LogP contribution in [0.15, 0.2) is 24.3 Å². The number of carbonyl (C=O) groups excluding carboxylic acids is 3. The van der Waals surface area contributed by atoms with Gasteiger partial charge in [0.15, 0.2) is 6.61 Å². The van der Waals surface area contributed by atoms with Crippen molar-refractivity contribution in [3.63, 3.8) is 0 Å².